The average molecular weight is 314 g/mol. The topological polar surface area (TPSA) is 101 Å². The number of hydrogen-bond acceptors (Lipinski definition) is 5. The van der Waals surface area contributed by atoms with E-state index < -0.39 is 14.9 Å². The molecule has 0 bridgehead atoms. The molecule has 1 aliphatic heterocycles. The molecular weight excluding hydrogens is 296 g/mol. The quantitative estimate of drug-likeness (QED) is 0.667. The predicted molar refractivity (Wildman–Crippen MR) is 76.4 cm³/mol. The lowest BCUT2D eigenvalue weighted by Gasteiger charge is -2.31. The van der Waals surface area contributed by atoms with Gasteiger partial charge < -0.3 is 5.11 Å². The summed E-state index contributed by atoms with van der Waals surface area (Å²) in [6.07, 6.45) is 1.47. The minimum atomic E-state index is -3.77. The third-order valence-corrected chi connectivity index (χ3v) is 5.82. The van der Waals surface area contributed by atoms with Gasteiger partial charge in [0.1, 0.15) is 0 Å². The van der Waals surface area contributed by atoms with Crippen LogP contribution in [0.5, 0.6) is 0 Å². The van der Waals surface area contributed by atoms with Gasteiger partial charge in [-0.05, 0) is 31.7 Å². The normalized spacial score (nSPS) is 20.4. The van der Waals surface area contributed by atoms with E-state index in [9.17, 15) is 23.6 Å². The van der Waals surface area contributed by atoms with Gasteiger partial charge >= 0.3 is 0 Å². The predicted octanol–water partition coefficient (Wildman–Crippen LogP) is 1.30. The van der Waals surface area contributed by atoms with Crippen molar-refractivity contribution in [2.75, 3.05) is 19.7 Å². The number of aliphatic hydroxyl groups excluding tert-OH is 1. The molecule has 1 N–H and O–H groups in total. The third kappa shape index (κ3) is 3.07. The molecule has 116 valence electrons. The molecule has 7 nitrogen and oxygen atoms in total. The Bertz CT molecular complexity index is 644. The Morgan fingerprint density at radius 2 is 2.19 bits per heavy atom. The van der Waals surface area contributed by atoms with Crippen molar-refractivity contribution in [2.45, 2.75) is 24.7 Å². The molecule has 1 unspecified atom stereocenters. The van der Waals surface area contributed by atoms with Gasteiger partial charge in [0.25, 0.3) is 5.69 Å². The van der Waals surface area contributed by atoms with Crippen LogP contribution < -0.4 is 0 Å². The summed E-state index contributed by atoms with van der Waals surface area (Å²) < 4.78 is 26.6. The summed E-state index contributed by atoms with van der Waals surface area (Å²) in [5, 5.41) is 20.1. The summed E-state index contributed by atoms with van der Waals surface area (Å²) in [5.74, 6) is -0.0764. The molecule has 0 amide bonds. The molecule has 1 aliphatic rings. The molecule has 0 spiro atoms. The Morgan fingerprint density at radius 1 is 1.48 bits per heavy atom. The molecule has 8 heteroatoms. The van der Waals surface area contributed by atoms with Gasteiger partial charge in [0, 0.05) is 31.3 Å². The molecule has 0 aromatic heterocycles. The number of nitrogens with zero attached hydrogens (tertiary/aromatic N) is 2. The summed E-state index contributed by atoms with van der Waals surface area (Å²) in [5.41, 5.74) is -0.0552. The van der Waals surface area contributed by atoms with Gasteiger partial charge in [0.05, 0.1) is 9.82 Å². The number of nitro benzene ring substituents is 1. The van der Waals surface area contributed by atoms with E-state index in [2.05, 4.69) is 0 Å². The van der Waals surface area contributed by atoms with Crippen molar-refractivity contribution in [3.63, 3.8) is 0 Å². The van der Waals surface area contributed by atoms with Gasteiger partial charge in [0.15, 0.2) is 0 Å². The van der Waals surface area contributed by atoms with Crippen LogP contribution in [0.15, 0.2) is 23.1 Å². The van der Waals surface area contributed by atoms with Crippen LogP contribution in [0.3, 0.4) is 0 Å². The number of hydrogen-bond donors (Lipinski definition) is 1. The van der Waals surface area contributed by atoms with Crippen LogP contribution >= 0.6 is 0 Å². The molecule has 1 aromatic rings. The van der Waals surface area contributed by atoms with E-state index in [0.717, 1.165) is 6.42 Å². The van der Waals surface area contributed by atoms with Crippen molar-refractivity contribution in [2.24, 2.45) is 5.92 Å². The van der Waals surface area contributed by atoms with E-state index in [1.165, 1.54) is 29.4 Å². The Kier molecular flexibility index (Phi) is 4.60. The molecule has 1 aromatic carbocycles. The first-order valence-electron chi connectivity index (χ1n) is 6.73. The maximum Gasteiger partial charge on any atom is 0.273 e. The van der Waals surface area contributed by atoms with Crippen LogP contribution in [-0.2, 0) is 10.0 Å². The van der Waals surface area contributed by atoms with E-state index in [0.29, 0.717) is 13.0 Å². The van der Waals surface area contributed by atoms with Gasteiger partial charge in [-0.3, -0.25) is 10.1 Å². The van der Waals surface area contributed by atoms with Gasteiger partial charge in [-0.15, -0.1) is 0 Å². The van der Waals surface area contributed by atoms with Crippen molar-refractivity contribution >= 4 is 15.7 Å². The minimum Gasteiger partial charge on any atom is -0.396 e. The van der Waals surface area contributed by atoms with E-state index in [1.54, 1.807) is 0 Å². The Labute approximate surface area is 123 Å². The highest BCUT2D eigenvalue weighted by atomic mass is 32.2. The van der Waals surface area contributed by atoms with E-state index in [-0.39, 0.29) is 35.2 Å². The highest BCUT2D eigenvalue weighted by molar-refractivity contribution is 7.89. The lowest BCUT2D eigenvalue weighted by atomic mass is 10.0. The molecule has 0 radical (unpaired) electrons. The standard InChI is InChI=1S/C13H18N2O5S/c1-10-12(15(17)18)5-2-6-13(10)21(19,20)14-7-3-4-11(8-14)9-16/h2,5-6,11,16H,3-4,7-9H2,1H3. The van der Waals surface area contributed by atoms with Gasteiger partial charge in [-0.25, -0.2) is 8.42 Å². The van der Waals surface area contributed by atoms with Crippen molar-refractivity contribution in [1.82, 2.24) is 4.31 Å². The summed E-state index contributed by atoms with van der Waals surface area (Å²) >= 11 is 0. The molecule has 1 fully saturated rings. The number of nitro groups is 1. The lowest BCUT2D eigenvalue weighted by molar-refractivity contribution is -0.385. The van der Waals surface area contributed by atoms with Gasteiger partial charge in [-0.1, -0.05) is 6.07 Å². The summed E-state index contributed by atoms with van der Waals surface area (Å²) in [6, 6.07) is 4.06. The summed E-state index contributed by atoms with van der Waals surface area (Å²) in [7, 11) is -3.77. The van der Waals surface area contributed by atoms with Crippen LogP contribution in [-0.4, -0.2) is 42.4 Å². The van der Waals surface area contributed by atoms with Crippen molar-refractivity contribution < 1.29 is 18.4 Å². The van der Waals surface area contributed by atoms with E-state index in [4.69, 9.17) is 0 Å². The number of aliphatic hydroxyl groups is 1. The number of rotatable bonds is 4. The zero-order valence-corrected chi connectivity index (χ0v) is 12.5. The molecule has 1 heterocycles. The molecular formula is C13H18N2O5S. The minimum absolute atomic E-state index is 0.0321. The SMILES string of the molecule is Cc1c([N+](=O)[O-])cccc1S(=O)(=O)N1CCCC(CO)C1. The van der Waals surface area contributed by atoms with Crippen LogP contribution in [0.4, 0.5) is 5.69 Å². The lowest BCUT2D eigenvalue weighted by Crippen LogP contribution is -2.41. The smallest absolute Gasteiger partial charge is 0.273 e. The summed E-state index contributed by atoms with van der Waals surface area (Å²) in [4.78, 5) is 10.3. The average Bonchev–Trinajstić information content (AvgIpc) is 2.47. The van der Waals surface area contributed by atoms with Gasteiger partial charge in [-0.2, -0.15) is 4.31 Å². The van der Waals surface area contributed by atoms with Crippen LogP contribution in [0, 0.1) is 23.0 Å². The highest BCUT2D eigenvalue weighted by Gasteiger charge is 2.32. The maximum atomic E-state index is 12.7. The fraction of sp³-hybridized carbons (Fsp3) is 0.538. The van der Waals surface area contributed by atoms with E-state index >= 15 is 0 Å². The Balaban J connectivity index is 2.40. The molecule has 2 rings (SSSR count). The molecule has 21 heavy (non-hydrogen) atoms. The Hall–Kier alpha value is -1.51. The zero-order chi connectivity index (χ0) is 15.6. The van der Waals surface area contributed by atoms with Crippen LogP contribution in [0.2, 0.25) is 0 Å². The monoisotopic (exact) mass is 314 g/mol. The van der Waals surface area contributed by atoms with Gasteiger partial charge in [0.2, 0.25) is 10.0 Å². The largest absolute Gasteiger partial charge is 0.396 e. The number of sulfonamides is 1. The fourth-order valence-corrected chi connectivity index (χ4v) is 4.41. The maximum absolute atomic E-state index is 12.7. The van der Waals surface area contributed by atoms with E-state index in [1.807, 2.05) is 0 Å². The van der Waals surface area contributed by atoms with Crippen LogP contribution in [0.1, 0.15) is 18.4 Å². The second kappa shape index (κ2) is 6.08. The zero-order valence-electron chi connectivity index (χ0n) is 11.7. The molecule has 1 atom stereocenters. The molecule has 0 aliphatic carbocycles. The third-order valence-electron chi connectivity index (χ3n) is 3.81. The number of benzene rings is 1. The first-order chi connectivity index (χ1) is 9.87. The van der Waals surface area contributed by atoms with Crippen LogP contribution in [0.25, 0.3) is 0 Å². The first kappa shape index (κ1) is 15.9. The fourth-order valence-electron chi connectivity index (χ4n) is 2.61. The first-order valence-corrected chi connectivity index (χ1v) is 8.17. The number of piperidine rings is 1. The molecule has 1 saturated heterocycles. The second-order valence-corrected chi connectivity index (χ2v) is 7.12. The second-order valence-electron chi connectivity index (χ2n) is 5.21. The Morgan fingerprint density at radius 3 is 2.81 bits per heavy atom. The summed E-state index contributed by atoms with van der Waals surface area (Å²) in [6.45, 7) is 2.01. The van der Waals surface area contributed by atoms with Crippen molar-refractivity contribution in [3.05, 3.63) is 33.9 Å². The molecule has 0 saturated carbocycles. The van der Waals surface area contributed by atoms with Crippen molar-refractivity contribution in [3.8, 4) is 0 Å². The highest BCUT2D eigenvalue weighted by Crippen LogP contribution is 2.29. The van der Waals surface area contributed by atoms with Crippen molar-refractivity contribution in [1.29, 1.82) is 0 Å².